The van der Waals surface area contributed by atoms with E-state index in [1.165, 1.54) is 30.3 Å². The monoisotopic (exact) mass is 357 g/mol. The highest BCUT2D eigenvalue weighted by Crippen LogP contribution is 2.20. The van der Waals surface area contributed by atoms with E-state index in [0.29, 0.717) is 23.3 Å². The Morgan fingerprint density at radius 3 is 2.12 bits per heavy atom. The molecule has 26 heavy (non-hydrogen) atoms. The van der Waals surface area contributed by atoms with Crippen LogP contribution >= 0.6 is 0 Å². The standard InChI is InChI=1S/C19H19NO6/c1-3-10-25-18(21)15-6-8-16(9-7-15)19(22)26-12-14-5-4-13(2)17(11-14)20(23)24/h4-9,11H,3,10,12H2,1-2H3. The van der Waals surface area contributed by atoms with Gasteiger partial charge in [-0.2, -0.15) is 0 Å². The molecule has 0 aliphatic heterocycles. The van der Waals surface area contributed by atoms with Crippen LogP contribution in [-0.2, 0) is 16.1 Å². The summed E-state index contributed by atoms with van der Waals surface area (Å²) in [7, 11) is 0. The van der Waals surface area contributed by atoms with Crippen LogP contribution in [0.25, 0.3) is 0 Å². The van der Waals surface area contributed by atoms with Gasteiger partial charge in [0.25, 0.3) is 5.69 Å². The number of esters is 2. The molecule has 0 saturated heterocycles. The highest BCUT2D eigenvalue weighted by atomic mass is 16.6. The van der Waals surface area contributed by atoms with Gasteiger partial charge in [-0.1, -0.05) is 19.1 Å². The van der Waals surface area contributed by atoms with E-state index in [1.54, 1.807) is 19.1 Å². The molecule has 0 unspecified atom stereocenters. The third kappa shape index (κ3) is 4.89. The molecule has 0 N–H and O–H groups in total. The van der Waals surface area contributed by atoms with Gasteiger partial charge < -0.3 is 9.47 Å². The van der Waals surface area contributed by atoms with Crippen molar-refractivity contribution in [1.82, 2.24) is 0 Å². The molecule has 0 aromatic heterocycles. The number of rotatable bonds is 7. The molecule has 0 aliphatic rings. The predicted octanol–water partition coefficient (Wildman–Crippen LogP) is 3.83. The predicted molar refractivity (Wildman–Crippen MR) is 94.0 cm³/mol. The van der Waals surface area contributed by atoms with Gasteiger partial charge in [0.1, 0.15) is 6.61 Å². The Balaban J connectivity index is 1.99. The third-order valence-corrected chi connectivity index (χ3v) is 3.63. The highest BCUT2D eigenvalue weighted by Gasteiger charge is 2.14. The van der Waals surface area contributed by atoms with Crippen LogP contribution in [0.2, 0.25) is 0 Å². The van der Waals surface area contributed by atoms with Crippen LogP contribution in [0.4, 0.5) is 5.69 Å². The molecule has 0 aliphatic carbocycles. The minimum atomic E-state index is -0.582. The summed E-state index contributed by atoms with van der Waals surface area (Å²) >= 11 is 0. The van der Waals surface area contributed by atoms with Crippen LogP contribution in [0, 0.1) is 17.0 Å². The summed E-state index contributed by atoms with van der Waals surface area (Å²) in [6, 6.07) is 10.6. The zero-order chi connectivity index (χ0) is 19.1. The Bertz CT molecular complexity index is 813. The second kappa shape index (κ2) is 8.75. The van der Waals surface area contributed by atoms with Crippen molar-refractivity contribution in [1.29, 1.82) is 0 Å². The zero-order valence-corrected chi connectivity index (χ0v) is 14.6. The van der Waals surface area contributed by atoms with Gasteiger partial charge in [0.15, 0.2) is 0 Å². The quantitative estimate of drug-likeness (QED) is 0.424. The minimum Gasteiger partial charge on any atom is -0.462 e. The molecule has 2 rings (SSSR count). The lowest BCUT2D eigenvalue weighted by Crippen LogP contribution is -2.08. The molecular weight excluding hydrogens is 338 g/mol. The Labute approximate surface area is 150 Å². The maximum absolute atomic E-state index is 12.1. The molecule has 0 atom stereocenters. The van der Waals surface area contributed by atoms with E-state index >= 15 is 0 Å². The van der Waals surface area contributed by atoms with Crippen molar-refractivity contribution in [3.63, 3.8) is 0 Å². The van der Waals surface area contributed by atoms with Gasteiger partial charge in [0, 0.05) is 11.6 Å². The fraction of sp³-hybridized carbons (Fsp3) is 0.263. The normalized spacial score (nSPS) is 10.2. The second-order valence-corrected chi connectivity index (χ2v) is 5.67. The molecule has 0 amide bonds. The van der Waals surface area contributed by atoms with Gasteiger partial charge in [-0.15, -0.1) is 0 Å². The van der Waals surface area contributed by atoms with Crippen molar-refractivity contribution in [3.8, 4) is 0 Å². The fourth-order valence-corrected chi connectivity index (χ4v) is 2.19. The Morgan fingerprint density at radius 1 is 1.00 bits per heavy atom. The molecule has 0 fully saturated rings. The number of hydrogen-bond acceptors (Lipinski definition) is 6. The van der Waals surface area contributed by atoms with E-state index in [9.17, 15) is 19.7 Å². The first kappa shape index (κ1) is 19.1. The van der Waals surface area contributed by atoms with Crippen molar-refractivity contribution >= 4 is 17.6 Å². The van der Waals surface area contributed by atoms with Crippen LogP contribution in [0.1, 0.15) is 45.2 Å². The van der Waals surface area contributed by atoms with E-state index < -0.39 is 16.9 Å². The summed E-state index contributed by atoms with van der Waals surface area (Å²) in [5, 5.41) is 10.9. The number of aryl methyl sites for hydroxylation is 1. The lowest BCUT2D eigenvalue weighted by molar-refractivity contribution is -0.385. The van der Waals surface area contributed by atoms with Crippen LogP contribution in [-0.4, -0.2) is 23.5 Å². The van der Waals surface area contributed by atoms with Crippen LogP contribution < -0.4 is 0 Å². The minimum absolute atomic E-state index is 0.0199. The average Bonchev–Trinajstić information content (AvgIpc) is 2.65. The number of ether oxygens (including phenoxy) is 2. The van der Waals surface area contributed by atoms with Crippen LogP contribution in [0.15, 0.2) is 42.5 Å². The van der Waals surface area contributed by atoms with Crippen molar-refractivity contribution in [2.24, 2.45) is 0 Å². The van der Waals surface area contributed by atoms with Gasteiger partial charge in [-0.05, 0) is 43.2 Å². The zero-order valence-electron chi connectivity index (χ0n) is 14.6. The number of benzene rings is 2. The summed E-state index contributed by atoms with van der Waals surface area (Å²) in [5.41, 5.74) is 1.67. The lowest BCUT2D eigenvalue weighted by Gasteiger charge is -2.07. The third-order valence-electron chi connectivity index (χ3n) is 3.63. The van der Waals surface area contributed by atoms with Gasteiger partial charge in [0.05, 0.1) is 22.7 Å². The van der Waals surface area contributed by atoms with Crippen molar-refractivity contribution in [2.75, 3.05) is 6.61 Å². The second-order valence-electron chi connectivity index (χ2n) is 5.67. The van der Waals surface area contributed by atoms with Crippen LogP contribution in [0.3, 0.4) is 0 Å². The molecular formula is C19H19NO6. The molecule has 2 aromatic rings. The van der Waals surface area contributed by atoms with Crippen molar-refractivity contribution in [2.45, 2.75) is 26.9 Å². The number of hydrogen-bond donors (Lipinski definition) is 0. The SMILES string of the molecule is CCCOC(=O)c1ccc(C(=O)OCc2ccc(C)c([N+](=O)[O-])c2)cc1. The van der Waals surface area contributed by atoms with Crippen molar-refractivity contribution < 1.29 is 24.0 Å². The van der Waals surface area contributed by atoms with Crippen molar-refractivity contribution in [3.05, 3.63) is 74.8 Å². The Kier molecular flexibility index (Phi) is 6.43. The first-order valence-electron chi connectivity index (χ1n) is 8.10. The van der Waals surface area contributed by atoms with E-state index in [2.05, 4.69) is 0 Å². The van der Waals surface area contributed by atoms with Gasteiger partial charge in [-0.3, -0.25) is 10.1 Å². The number of nitrogens with zero attached hydrogens (tertiary/aromatic N) is 1. The molecule has 7 nitrogen and oxygen atoms in total. The molecule has 0 radical (unpaired) electrons. The number of carbonyl (C=O) groups is 2. The van der Waals surface area contributed by atoms with Gasteiger partial charge >= 0.3 is 11.9 Å². The fourth-order valence-electron chi connectivity index (χ4n) is 2.19. The van der Waals surface area contributed by atoms with E-state index in [1.807, 2.05) is 6.92 Å². The first-order valence-corrected chi connectivity index (χ1v) is 8.10. The molecule has 0 bridgehead atoms. The topological polar surface area (TPSA) is 95.7 Å². The summed E-state index contributed by atoms with van der Waals surface area (Å²) in [6.45, 7) is 3.79. The summed E-state index contributed by atoms with van der Waals surface area (Å²) in [6.07, 6.45) is 0.729. The number of nitro groups is 1. The highest BCUT2D eigenvalue weighted by molar-refractivity contribution is 5.93. The molecule has 0 spiro atoms. The largest absolute Gasteiger partial charge is 0.462 e. The summed E-state index contributed by atoms with van der Waals surface area (Å²) < 4.78 is 10.2. The van der Waals surface area contributed by atoms with Crippen LogP contribution in [0.5, 0.6) is 0 Å². The molecule has 7 heteroatoms. The summed E-state index contributed by atoms with van der Waals surface area (Å²) in [5.74, 6) is -1.03. The maximum Gasteiger partial charge on any atom is 0.338 e. The first-order chi connectivity index (χ1) is 12.4. The van der Waals surface area contributed by atoms with E-state index in [4.69, 9.17) is 9.47 Å². The number of carbonyl (C=O) groups excluding carboxylic acids is 2. The molecule has 0 saturated carbocycles. The average molecular weight is 357 g/mol. The molecule has 0 heterocycles. The molecule has 2 aromatic carbocycles. The summed E-state index contributed by atoms with van der Waals surface area (Å²) in [4.78, 5) is 34.3. The lowest BCUT2D eigenvalue weighted by atomic mass is 10.1. The number of nitro benzene ring substituents is 1. The van der Waals surface area contributed by atoms with E-state index in [-0.39, 0.29) is 17.9 Å². The van der Waals surface area contributed by atoms with Gasteiger partial charge in [-0.25, -0.2) is 9.59 Å². The molecule has 136 valence electrons. The van der Waals surface area contributed by atoms with E-state index in [0.717, 1.165) is 6.42 Å². The smallest absolute Gasteiger partial charge is 0.338 e. The van der Waals surface area contributed by atoms with Gasteiger partial charge in [0.2, 0.25) is 0 Å². The Hall–Kier alpha value is -3.22. The maximum atomic E-state index is 12.1. The Morgan fingerprint density at radius 2 is 1.58 bits per heavy atom.